The monoisotopic (exact) mass is 401 g/mol. The highest BCUT2D eigenvalue weighted by atomic mass is 32.1. The van der Waals surface area contributed by atoms with Gasteiger partial charge in [-0.2, -0.15) is 10.1 Å². The fraction of sp³-hybridized carbons (Fsp3) is 0.368. The Kier molecular flexibility index (Phi) is 5.76. The van der Waals surface area contributed by atoms with Crippen molar-refractivity contribution in [3.63, 3.8) is 0 Å². The second-order valence-corrected chi connectivity index (χ2v) is 8.26. The topological polar surface area (TPSA) is 109 Å². The highest BCUT2D eigenvalue weighted by Crippen LogP contribution is 2.32. The van der Waals surface area contributed by atoms with Crippen molar-refractivity contribution >= 4 is 38.6 Å². The predicted octanol–water partition coefficient (Wildman–Crippen LogP) is 2.61. The molecule has 0 fully saturated rings. The van der Waals surface area contributed by atoms with Gasteiger partial charge in [-0.15, -0.1) is 0 Å². The van der Waals surface area contributed by atoms with Crippen molar-refractivity contribution in [3.8, 4) is 0 Å². The maximum atomic E-state index is 12.5. The number of carbonyl (C=O) groups excluding carboxylic acids is 2. The average Bonchev–Trinajstić information content (AvgIpc) is 3.20. The number of rotatable bonds is 6. The quantitative estimate of drug-likeness (QED) is 0.550. The first kappa shape index (κ1) is 20.0. The lowest BCUT2D eigenvalue weighted by atomic mass is 10.1. The molecule has 0 aliphatic heterocycles. The van der Waals surface area contributed by atoms with Crippen molar-refractivity contribution in [2.45, 2.75) is 32.7 Å². The van der Waals surface area contributed by atoms with E-state index in [2.05, 4.69) is 20.7 Å². The predicted molar refractivity (Wildman–Crippen MR) is 109 cm³/mol. The number of thiazole rings is 1. The summed E-state index contributed by atoms with van der Waals surface area (Å²) < 4.78 is 2.30. The average molecular weight is 401 g/mol. The molecule has 8 nitrogen and oxygen atoms in total. The number of aromatic nitrogens is 3. The van der Waals surface area contributed by atoms with Crippen molar-refractivity contribution in [2.75, 3.05) is 18.5 Å². The van der Waals surface area contributed by atoms with E-state index in [1.54, 1.807) is 28.9 Å². The molecule has 2 amide bonds. The lowest BCUT2D eigenvalue weighted by molar-refractivity contribution is 0.0945. The minimum absolute atomic E-state index is 0.00233. The van der Waals surface area contributed by atoms with Gasteiger partial charge >= 0.3 is 0 Å². The zero-order chi connectivity index (χ0) is 20.3. The van der Waals surface area contributed by atoms with Crippen LogP contribution in [0.15, 0.2) is 30.3 Å². The second kappa shape index (κ2) is 8.07. The van der Waals surface area contributed by atoms with Crippen molar-refractivity contribution in [1.29, 1.82) is 0 Å². The molecule has 0 atom stereocenters. The van der Waals surface area contributed by atoms with Crippen molar-refractivity contribution in [1.82, 2.24) is 20.1 Å². The number of aliphatic hydroxyl groups excluding tert-OH is 1. The molecule has 148 valence electrons. The van der Waals surface area contributed by atoms with Gasteiger partial charge in [0, 0.05) is 18.7 Å². The zero-order valence-electron chi connectivity index (χ0n) is 16.0. The molecular weight excluding hydrogens is 378 g/mol. The summed E-state index contributed by atoms with van der Waals surface area (Å²) in [6.45, 7) is 6.26. The van der Waals surface area contributed by atoms with Gasteiger partial charge < -0.3 is 10.4 Å². The molecule has 3 aromatic rings. The highest BCUT2D eigenvalue weighted by molar-refractivity contribution is 7.22. The third-order valence-corrected chi connectivity index (χ3v) is 4.92. The first-order valence-corrected chi connectivity index (χ1v) is 9.78. The van der Waals surface area contributed by atoms with Crippen LogP contribution in [0.1, 0.15) is 48.0 Å². The Morgan fingerprint density at radius 3 is 2.54 bits per heavy atom. The standard InChI is InChI=1S/C19H23N5O3S/c1-19(2,3)24-15-14(13(23-24)17(27)20-10-7-11-25)28-18(21-15)22-16(26)12-8-5-4-6-9-12/h4-6,8-9,25H,7,10-11H2,1-3H3,(H,20,27)(H,21,22,26). The van der Waals surface area contributed by atoms with Gasteiger partial charge in [0.05, 0.1) is 5.54 Å². The number of amides is 2. The summed E-state index contributed by atoms with van der Waals surface area (Å²) in [4.78, 5) is 29.5. The van der Waals surface area contributed by atoms with Gasteiger partial charge in [-0.3, -0.25) is 14.9 Å². The van der Waals surface area contributed by atoms with Crippen LogP contribution in [0.3, 0.4) is 0 Å². The summed E-state index contributed by atoms with van der Waals surface area (Å²) in [5.41, 5.74) is 0.950. The lowest BCUT2D eigenvalue weighted by Crippen LogP contribution is -2.27. The lowest BCUT2D eigenvalue weighted by Gasteiger charge is -2.19. The molecule has 28 heavy (non-hydrogen) atoms. The fourth-order valence-corrected chi connectivity index (χ4v) is 3.52. The number of nitrogens with one attached hydrogen (secondary N) is 2. The number of carbonyl (C=O) groups is 2. The number of hydrogen-bond acceptors (Lipinski definition) is 6. The summed E-state index contributed by atoms with van der Waals surface area (Å²) in [7, 11) is 0. The van der Waals surface area contributed by atoms with Crippen LogP contribution < -0.4 is 10.6 Å². The molecule has 1 aromatic carbocycles. The van der Waals surface area contributed by atoms with Gasteiger partial charge in [0.15, 0.2) is 16.5 Å². The van der Waals surface area contributed by atoms with Gasteiger partial charge in [-0.25, -0.2) is 4.68 Å². The largest absolute Gasteiger partial charge is 0.396 e. The molecule has 3 N–H and O–H groups in total. The molecule has 2 aromatic heterocycles. The second-order valence-electron chi connectivity index (χ2n) is 7.26. The Bertz CT molecular complexity index is 988. The van der Waals surface area contributed by atoms with Gasteiger partial charge in [-0.05, 0) is 39.3 Å². The van der Waals surface area contributed by atoms with Gasteiger partial charge in [0.25, 0.3) is 11.8 Å². The third-order valence-electron chi connectivity index (χ3n) is 3.95. The third kappa shape index (κ3) is 4.20. The van der Waals surface area contributed by atoms with Crippen molar-refractivity contribution in [2.24, 2.45) is 0 Å². The minimum atomic E-state index is -0.392. The Labute approximate surface area is 166 Å². The first-order chi connectivity index (χ1) is 13.3. The maximum Gasteiger partial charge on any atom is 0.273 e. The number of anilines is 1. The van der Waals surface area contributed by atoms with E-state index in [9.17, 15) is 9.59 Å². The fourth-order valence-electron chi connectivity index (χ4n) is 2.60. The molecular formula is C19H23N5O3S. The van der Waals surface area contributed by atoms with E-state index in [-0.39, 0.29) is 24.1 Å². The van der Waals surface area contributed by atoms with Gasteiger partial charge in [-0.1, -0.05) is 29.5 Å². The number of benzene rings is 1. The number of fused-ring (bicyclic) bond motifs is 1. The van der Waals surface area contributed by atoms with Crippen LogP contribution in [-0.2, 0) is 5.54 Å². The van der Waals surface area contributed by atoms with Crippen LogP contribution in [0.5, 0.6) is 0 Å². The van der Waals surface area contributed by atoms with Crippen LogP contribution >= 0.6 is 11.3 Å². The Balaban J connectivity index is 1.94. The molecule has 0 bridgehead atoms. The van der Waals surface area contributed by atoms with E-state index in [1.165, 1.54) is 11.3 Å². The van der Waals surface area contributed by atoms with E-state index in [4.69, 9.17) is 5.11 Å². The molecule has 9 heteroatoms. The number of aliphatic hydroxyl groups is 1. The van der Waals surface area contributed by atoms with Crippen LogP contribution in [0.4, 0.5) is 5.13 Å². The number of nitrogens with zero attached hydrogens (tertiary/aromatic N) is 3. The van der Waals surface area contributed by atoms with E-state index in [0.717, 1.165) is 0 Å². The van der Waals surface area contributed by atoms with Crippen LogP contribution in [-0.4, -0.2) is 44.8 Å². The van der Waals surface area contributed by atoms with Crippen molar-refractivity contribution < 1.29 is 14.7 Å². The van der Waals surface area contributed by atoms with Crippen LogP contribution in [0.2, 0.25) is 0 Å². The van der Waals surface area contributed by atoms with Gasteiger partial charge in [0.2, 0.25) is 0 Å². The van der Waals surface area contributed by atoms with E-state index >= 15 is 0 Å². The Morgan fingerprint density at radius 1 is 1.18 bits per heavy atom. The summed E-state index contributed by atoms with van der Waals surface area (Å²) in [6.07, 6.45) is 0.468. The maximum absolute atomic E-state index is 12.5. The van der Waals surface area contributed by atoms with Gasteiger partial charge in [0.1, 0.15) is 4.70 Å². The SMILES string of the molecule is CC(C)(C)n1nc(C(=O)NCCCO)c2sc(NC(=O)c3ccccc3)nc21. The minimum Gasteiger partial charge on any atom is -0.396 e. The normalized spacial score (nSPS) is 11.6. The van der Waals surface area contributed by atoms with E-state index in [0.29, 0.717) is 34.0 Å². The van der Waals surface area contributed by atoms with E-state index < -0.39 is 5.54 Å². The molecule has 3 rings (SSSR count). The smallest absolute Gasteiger partial charge is 0.273 e. The van der Waals surface area contributed by atoms with Crippen LogP contribution in [0.25, 0.3) is 10.3 Å². The molecule has 0 aliphatic carbocycles. The highest BCUT2D eigenvalue weighted by Gasteiger charge is 2.27. The summed E-state index contributed by atoms with van der Waals surface area (Å²) >= 11 is 1.21. The molecule has 0 saturated heterocycles. The Hall–Kier alpha value is -2.78. The van der Waals surface area contributed by atoms with Crippen molar-refractivity contribution in [3.05, 3.63) is 41.6 Å². The molecule has 0 saturated carbocycles. The molecule has 0 radical (unpaired) electrons. The summed E-state index contributed by atoms with van der Waals surface area (Å²) in [5, 5.41) is 19.3. The summed E-state index contributed by atoms with van der Waals surface area (Å²) in [6, 6.07) is 8.87. The molecule has 2 heterocycles. The van der Waals surface area contributed by atoms with Crippen LogP contribution in [0, 0.1) is 0 Å². The molecule has 0 spiro atoms. The Morgan fingerprint density at radius 2 is 1.89 bits per heavy atom. The molecule has 0 aliphatic rings. The van der Waals surface area contributed by atoms with E-state index in [1.807, 2.05) is 26.8 Å². The number of hydrogen-bond donors (Lipinski definition) is 3. The molecule has 0 unspecified atom stereocenters. The first-order valence-electron chi connectivity index (χ1n) is 8.96. The zero-order valence-corrected chi connectivity index (χ0v) is 16.8. The summed E-state index contributed by atoms with van der Waals surface area (Å²) in [5.74, 6) is -0.591.